The molecular weight excluding hydrogens is 370 g/mol. The van der Waals surface area contributed by atoms with Crippen LogP contribution < -0.4 is 15.5 Å². The molecule has 24 heavy (non-hydrogen) atoms. The highest BCUT2D eigenvalue weighted by atomic mass is 79.9. The Hall–Kier alpha value is -2.05. The molecule has 5 nitrogen and oxygen atoms in total. The minimum absolute atomic E-state index is 0.213. The zero-order valence-corrected chi connectivity index (χ0v) is 14.9. The van der Waals surface area contributed by atoms with Gasteiger partial charge in [-0.3, -0.25) is 0 Å². The van der Waals surface area contributed by atoms with Crippen LogP contribution in [0.2, 0.25) is 0 Å². The van der Waals surface area contributed by atoms with E-state index in [1.807, 2.05) is 36.4 Å². The molecule has 2 aromatic carbocycles. The number of benzene rings is 2. The Morgan fingerprint density at radius 1 is 1.04 bits per heavy atom. The molecule has 1 heterocycles. The van der Waals surface area contributed by atoms with Gasteiger partial charge < -0.3 is 20.3 Å². The molecule has 1 aliphatic rings. The van der Waals surface area contributed by atoms with Gasteiger partial charge in [0.2, 0.25) is 0 Å². The predicted octanol–water partition coefficient (Wildman–Crippen LogP) is 3.61. The fraction of sp³-hybridized carbons (Fsp3) is 0.278. The quantitative estimate of drug-likeness (QED) is 0.839. The van der Waals surface area contributed by atoms with Crippen molar-refractivity contribution >= 4 is 33.3 Å². The van der Waals surface area contributed by atoms with Crippen LogP contribution in [0.3, 0.4) is 0 Å². The average Bonchev–Trinajstić information content (AvgIpc) is 2.63. The van der Waals surface area contributed by atoms with Gasteiger partial charge in [-0.2, -0.15) is 0 Å². The number of nitrogens with one attached hydrogen (secondary N) is 2. The molecular formula is C18H20BrN3O2. The molecule has 1 saturated heterocycles. The lowest BCUT2D eigenvalue weighted by Gasteiger charge is -2.28. The lowest BCUT2D eigenvalue weighted by molar-refractivity contribution is 0.122. The maximum Gasteiger partial charge on any atom is 0.319 e. The predicted molar refractivity (Wildman–Crippen MR) is 99.5 cm³/mol. The van der Waals surface area contributed by atoms with E-state index >= 15 is 0 Å². The summed E-state index contributed by atoms with van der Waals surface area (Å²) < 4.78 is 6.35. The summed E-state index contributed by atoms with van der Waals surface area (Å²) in [5.74, 6) is 0. The van der Waals surface area contributed by atoms with E-state index < -0.39 is 0 Å². The summed E-state index contributed by atoms with van der Waals surface area (Å²) >= 11 is 3.37. The monoisotopic (exact) mass is 389 g/mol. The molecule has 2 aromatic rings. The lowest BCUT2D eigenvalue weighted by atomic mass is 10.2. The van der Waals surface area contributed by atoms with Crippen LogP contribution in [0.1, 0.15) is 5.56 Å². The van der Waals surface area contributed by atoms with Gasteiger partial charge in [-0.1, -0.05) is 28.1 Å². The third-order valence-corrected chi connectivity index (χ3v) is 4.40. The van der Waals surface area contributed by atoms with Crippen LogP contribution in [-0.2, 0) is 11.3 Å². The highest BCUT2D eigenvalue weighted by molar-refractivity contribution is 9.10. The molecule has 126 valence electrons. The SMILES string of the molecule is O=C(NCc1ccc(N2CCOCC2)cc1)Nc1ccc(Br)cc1. The number of carbonyl (C=O) groups is 1. The van der Waals surface area contributed by atoms with Crippen molar-refractivity contribution in [3.05, 3.63) is 58.6 Å². The second-order valence-electron chi connectivity index (χ2n) is 5.58. The Bertz CT molecular complexity index is 668. The van der Waals surface area contributed by atoms with Crippen LogP contribution in [0.15, 0.2) is 53.0 Å². The minimum Gasteiger partial charge on any atom is -0.378 e. The molecule has 0 aromatic heterocycles. The Kier molecular flexibility index (Phi) is 5.72. The van der Waals surface area contributed by atoms with Crippen LogP contribution in [0.25, 0.3) is 0 Å². The van der Waals surface area contributed by atoms with Gasteiger partial charge in [-0.25, -0.2) is 4.79 Å². The molecule has 6 heteroatoms. The fourth-order valence-electron chi connectivity index (χ4n) is 2.54. The number of hydrogen-bond donors (Lipinski definition) is 2. The molecule has 2 amide bonds. The van der Waals surface area contributed by atoms with E-state index in [0.29, 0.717) is 6.54 Å². The van der Waals surface area contributed by atoms with E-state index in [0.717, 1.165) is 42.0 Å². The van der Waals surface area contributed by atoms with Gasteiger partial charge in [0.15, 0.2) is 0 Å². The molecule has 0 radical (unpaired) electrons. The van der Waals surface area contributed by atoms with Crippen LogP contribution in [0.5, 0.6) is 0 Å². The van der Waals surface area contributed by atoms with Gasteiger partial charge in [-0.15, -0.1) is 0 Å². The number of ether oxygens (including phenoxy) is 1. The summed E-state index contributed by atoms with van der Waals surface area (Å²) in [6.07, 6.45) is 0. The zero-order valence-electron chi connectivity index (χ0n) is 13.3. The first-order valence-electron chi connectivity index (χ1n) is 7.93. The van der Waals surface area contributed by atoms with E-state index in [-0.39, 0.29) is 6.03 Å². The van der Waals surface area contributed by atoms with Crippen molar-refractivity contribution in [3.63, 3.8) is 0 Å². The number of halogens is 1. The summed E-state index contributed by atoms with van der Waals surface area (Å²) in [6, 6.07) is 15.5. The average molecular weight is 390 g/mol. The van der Waals surface area contributed by atoms with Crippen molar-refractivity contribution < 1.29 is 9.53 Å². The number of hydrogen-bond acceptors (Lipinski definition) is 3. The van der Waals surface area contributed by atoms with E-state index in [4.69, 9.17) is 4.74 Å². The first kappa shape index (κ1) is 16.8. The van der Waals surface area contributed by atoms with Gasteiger partial charge in [0.05, 0.1) is 13.2 Å². The molecule has 2 N–H and O–H groups in total. The number of urea groups is 1. The molecule has 1 aliphatic heterocycles. The van der Waals surface area contributed by atoms with Crippen LogP contribution in [0, 0.1) is 0 Å². The van der Waals surface area contributed by atoms with Gasteiger partial charge in [-0.05, 0) is 42.0 Å². The smallest absolute Gasteiger partial charge is 0.319 e. The van der Waals surface area contributed by atoms with Crippen molar-refractivity contribution in [2.24, 2.45) is 0 Å². The van der Waals surface area contributed by atoms with E-state index in [2.05, 4.69) is 43.6 Å². The van der Waals surface area contributed by atoms with Crippen LogP contribution in [-0.4, -0.2) is 32.3 Å². The molecule has 0 aliphatic carbocycles. The number of rotatable bonds is 4. The highest BCUT2D eigenvalue weighted by Crippen LogP contribution is 2.17. The number of nitrogens with zero attached hydrogens (tertiary/aromatic N) is 1. The number of carbonyl (C=O) groups excluding carboxylic acids is 1. The van der Waals surface area contributed by atoms with E-state index in [1.165, 1.54) is 5.69 Å². The molecule has 3 rings (SSSR count). The fourth-order valence-corrected chi connectivity index (χ4v) is 2.80. The van der Waals surface area contributed by atoms with Gasteiger partial charge >= 0.3 is 6.03 Å². The molecule has 0 atom stereocenters. The summed E-state index contributed by atoms with van der Waals surface area (Å²) in [6.45, 7) is 3.89. The lowest BCUT2D eigenvalue weighted by Crippen LogP contribution is -2.36. The normalized spacial score (nSPS) is 14.3. The van der Waals surface area contributed by atoms with Crippen LogP contribution >= 0.6 is 15.9 Å². The van der Waals surface area contributed by atoms with Crippen molar-refractivity contribution in [2.75, 3.05) is 36.5 Å². The largest absolute Gasteiger partial charge is 0.378 e. The summed E-state index contributed by atoms with van der Waals surface area (Å²) in [4.78, 5) is 14.2. The molecule has 0 saturated carbocycles. The highest BCUT2D eigenvalue weighted by Gasteiger charge is 2.10. The van der Waals surface area contributed by atoms with Gasteiger partial charge in [0, 0.05) is 35.5 Å². The summed E-state index contributed by atoms with van der Waals surface area (Å²) in [5.41, 5.74) is 3.03. The molecule has 0 spiro atoms. The standard InChI is InChI=1S/C18H20BrN3O2/c19-15-3-5-16(6-4-15)21-18(23)20-13-14-1-7-17(8-2-14)22-9-11-24-12-10-22/h1-8H,9-13H2,(H2,20,21,23). The molecule has 0 bridgehead atoms. The first-order valence-corrected chi connectivity index (χ1v) is 8.72. The maximum atomic E-state index is 11.9. The van der Waals surface area contributed by atoms with Crippen molar-refractivity contribution in [3.8, 4) is 0 Å². The number of anilines is 2. The summed E-state index contributed by atoms with van der Waals surface area (Å²) in [7, 11) is 0. The van der Waals surface area contributed by atoms with E-state index in [1.54, 1.807) is 0 Å². The zero-order chi connectivity index (χ0) is 16.8. The van der Waals surface area contributed by atoms with E-state index in [9.17, 15) is 4.79 Å². The maximum absolute atomic E-state index is 11.9. The molecule has 1 fully saturated rings. The Labute approximate surface area is 150 Å². The van der Waals surface area contributed by atoms with Crippen molar-refractivity contribution in [1.82, 2.24) is 5.32 Å². The second-order valence-corrected chi connectivity index (χ2v) is 6.50. The Balaban J connectivity index is 1.49. The minimum atomic E-state index is -0.213. The number of amides is 2. The topological polar surface area (TPSA) is 53.6 Å². The van der Waals surface area contributed by atoms with Crippen molar-refractivity contribution in [2.45, 2.75) is 6.54 Å². The van der Waals surface area contributed by atoms with Gasteiger partial charge in [0.25, 0.3) is 0 Å². The Morgan fingerprint density at radius 2 is 1.71 bits per heavy atom. The van der Waals surface area contributed by atoms with Crippen molar-refractivity contribution in [1.29, 1.82) is 0 Å². The number of morpholine rings is 1. The molecule has 0 unspecified atom stereocenters. The third kappa shape index (κ3) is 4.72. The van der Waals surface area contributed by atoms with Crippen LogP contribution in [0.4, 0.5) is 16.2 Å². The Morgan fingerprint density at radius 3 is 2.38 bits per heavy atom. The summed E-state index contributed by atoms with van der Waals surface area (Å²) in [5, 5.41) is 5.68. The third-order valence-electron chi connectivity index (χ3n) is 3.87. The second kappa shape index (κ2) is 8.17. The van der Waals surface area contributed by atoms with Gasteiger partial charge in [0.1, 0.15) is 0 Å². The first-order chi connectivity index (χ1) is 11.7.